The highest BCUT2D eigenvalue weighted by Gasteiger charge is 2.41. The van der Waals surface area contributed by atoms with Crippen LogP contribution >= 0.6 is 0 Å². The molecular weight excluding hydrogens is 370 g/mol. The first kappa shape index (κ1) is 19.6. The molecule has 3 heterocycles. The standard InChI is InChI=1S/C25H31N5/c1-29(2)22-10-14-30(16-22)18-25(11-13-26-17-25)24-27-12-9-23(28-24)21-8-7-19-5-3-4-6-20(19)15-21/h3-9,12,15,22,26H,10-11,13-14,16-18H2,1-2H3/t22-,25-/m1/s1. The zero-order chi connectivity index (χ0) is 20.6. The van der Waals surface area contributed by atoms with Crippen molar-refractivity contribution in [3.05, 3.63) is 60.6 Å². The molecule has 3 aromatic rings. The fourth-order valence-corrected chi connectivity index (χ4v) is 5.07. The second-order valence-electron chi connectivity index (χ2n) is 9.18. The molecule has 0 bridgehead atoms. The molecule has 0 amide bonds. The van der Waals surface area contributed by atoms with Crippen LogP contribution in [0.2, 0.25) is 0 Å². The number of nitrogens with one attached hydrogen (secondary N) is 1. The van der Waals surface area contributed by atoms with Crippen molar-refractivity contribution in [1.29, 1.82) is 0 Å². The zero-order valence-electron chi connectivity index (χ0n) is 18.0. The Kier molecular flexibility index (Phi) is 5.27. The van der Waals surface area contributed by atoms with Crippen LogP contribution in [-0.2, 0) is 5.41 Å². The summed E-state index contributed by atoms with van der Waals surface area (Å²) in [4.78, 5) is 14.9. The number of likely N-dealkylation sites (tertiary alicyclic amines) is 1. The summed E-state index contributed by atoms with van der Waals surface area (Å²) in [7, 11) is 4.38. The summed E-state index contributed by atoms with van der Waals surface area (Å²) in [6.45, 7) is 5.32. The molecule has 5 rings (SSSR count). The van der Waals surface area contributed by atoms with Crippen molar-refractivity contribution in [1.82, 2.24) is 25.1 Å². The summed E-state index contributed by atoms with van der Waals surface area (Å²) >= 11 is 0. The smallest absolute Gasteiger partial charge is 0.137 e. The third-order valence-electron chi connectivity index (χ3n) is 6.92. The van der Waals surface area contributed by atoms with Crippen LogP contribution in [0.15, 0.2) is 54.7 Å². The molecule has 0 saturated carbocycles. The second kappa shape index (κ2) is 8.06. The molecule has 5 nitrogen and oxygen atoms in total. The van der Waals surface area contributed by atoms with E-state index in [9.17, 15) is 0 Å². The van der Waals surface area contributed by atoms with E-state index in [2.05, 4.69) is 71.7 Å². The maximum atomic E-state index is 5.11. The van der Waals surface area contributed by atoms with Gasteiger partial charge in [0.05, 0.1) is 11.1 Å². The van der Waals surface area contributed by atoms with Crippen LogP contribution in [0.25, 0.3) is 22.0 Å². The number of hydrogen-bond acceptors (Lipinski definition) is 5. The summed E-state index contributed by atoms with van der Waals surface area (Å²) in [5.41, 5.74) is 2.17. The molecule has 30 heavy (non-hydrogen) atoms. The van der Waals surface area contributed by atoms with Gasteiger partial charge in [0.2, 0.25) is 0 Å². The Balaban J connectivity index is 1.44. The maximum absolute atomic E-state index is 5.11. The van der Waals surface area contributed by atoms with Crippen LogP contribution in [0.4, 0.5) is 0 Å². The van der Waals surface area contributed by atoms with Crippen molar-refractivity contribution >= 4 is 10.8 Å². The minimum Gasteiger partial charge on any atom is -0.316 e. The van der Waals surface area contributed by atoms with Crippen molar-refractivity contribution < 1.29 is 0 Å². The van der Waals surface area contributed by atoms with Gasteiger partial charge in [-0.25, -0.2) is 9.97 Å². The van der Waals surface area contributed by atoms with Gasteiger partial charge in [0.15, 0.2) is 0 Å². The minimum atomic E-state index is -0.00589. The lowest BCUT2D eigenvalue weighted by Crippen LogP contribution is -2.44. The van der Waals surface area contributed by atoms with Gasteiger partial charge < -0.3 is 15.1 Å². The summed E-state index contributed by atoms with van der Waals surface area (Å²) in [6.07, 6.45) is 4.28. The number of hydrogen-bond donors (Lipinski definition) is 1. The van der Waals surface area contributed by atoms with Crippen LogP contribution in [0.1, 0.15) is 18.7 Å². The van der Waals surface area contributed by atoms with Gasteiger partial charge in [0, 0.05) is 37.4 Å². The van der Waals surface area contributed by atoms with E-state index in [1.165, 1.54) is 17.2 Å². The number of rotatable bonds is 5. The lowest BCUT2D eigenvalue weighted by Gasteiger charge is -2.32. The SMILES string of the molecule is CN(C)[C@@H]1CCN(C[C@@]2(c3nccc(-c4ccc5ccccc5c4)n3)CCNC2)C1. The molecular formula is C25H31N5. The Bertz CT molecular complexity index is 1020. The second-order valence-corrected chi connectivity index (χ2v) is 9.18. The number of nitrogens with zero attached hydrogens (tertiary/aromatic N) is 4. The molecule has 2 atom stereocenters. The third kappa shape index (κ3) is 3.73. The highest BCUT2D eigenvalue weighted by atomic mass is 15.2. The third-order valence-corrected chi connectivity index (χ3v) is 6.92. The summed E-state index contributed by atoms with van der Waals surface area (Å²) < 4.78 is 0. The number of benzene rings is 2. The highest BCUT2D eigenvalue weighted by molar-refractivity contribution is 5.86. The van der Waals surface area contributed by atoms with E-state index in [-0.39, 0.29) is 5.41 Å². The average Bonchev–Trinajstić information content (AvgIpc) is 3.44. The predicted octanol–water partition coefficient (Wildman–Crippen LogP) is 3.16. The van der Waals surface area contributed by atoms with Crippen molar-refractivity contribution in [2.45, 2.75) is 24.3 Å². The van der Waals surface area contributed by atoms with Crippen molar-refractivity contribution in [2.24, 2.45) is 0 Å². The predicted molar refractivity (Wildman–Crippen MR) is 123 cm³/mol. The largest absolute Gasteiger partial charge is 0.316 e. The molecule has 1 N–H and O–H groups in total. The molecule has 156 valence electrons. The lowest BCUT2D eigenvalue weighted by atomic mass is 9.85. The van der Waals surface area contributed by atoms with Gasteiger partial charge in [-0.15, -0.1) is 0 Å². The monoisotopic (exact) mass is 401 g/mol. The van der Waals surface area contributed by atoms with Crippen LogP contribution < -0.4 is 5.32 Å². The van der Waals surface area contributed by atoms with Gasteiger partial charge in [-0.2, -0.15) is 0 Å². The van der Waals surface area contributed by atoms with E-state index in [1.807, 2.05) is 12.3 Å². The van der Waals surface area contributed by atoms with E-state index in [0.29, 0.717) is 6.04 Å². The quantitative estimate of drug-likeness (QED) is 0.711. The molecule has 2 aliphatic rings. The Labute approximate surface area is 179 Å². The van der Waals surface area contributed by atoms with Crippen molar-refractivity contribution in [2.75, 3.05) is 46.8 Å². The van der Waals surface area contributed by atoms with Crippen LogP contribution in [-0.4, -0.2) is 72.6 Å². The van der Waals surface area contributed by atoms with Gasteiger partial charge in [-0.1, -0.05) is 36.4 Å². The number of likely N-dealkylation sites (N-methyl/N-ethyl adjacent to an activating group) is 1. The van der Waals surface area contributed by atoms with Gasteiger partial charge in [0.1, 0.15) is 5.82 Å². The van der Waals surface area contributed by atoms with Crippen LogP contribution in [0.5, 0.6) is 0 Å². The number of aromatic nitrogens is 2. The van der Waals surface area contributed by atoms with E-state index in [0.717, 1.165) is 56.2 Å². The van der Waals surface area contributed by atoms with Gasteiger partial charge in [0.25, 0.3) is 0 Å². The molecule has 2 saturated heterocycles. The van der Waals surface area contributed by atoms with E-state index in [4.69, 9.17) is 9.97 Å². The summed E-state index contributed by atoms with van der Waals surface area (Å²) in [6, 6.07) is 17.8. The first-order valence-corrected chi connectivity index (χ1v) is 11.1. The van der Waals surface area contributed by atoms with Gasteiger partial charge >= 0.3 is 0 Å². The molecule has 2 aromatic carbocycles. The molecule has 0 aliphatic carbocycles. The first-order chi connectivity index (χ1) is 14.6. The molecule has 0 spiro atoms. The fraction of sp³-hybridized carbons (Fsp3) is 0.440. The Morgan fingerprint density at radius 3 is 2.77 bits per heavy atom. The Morgan fingerprint density at radius 2 is 2.00 bits per heavy atom. The normalized spacial score (nSPS) is 24.8. The molecule has 2 aliphatic heterocycles. The topological polar surface area (TPSA) is 44.3 Å². The van der Waals surface area contributed by atoms with Crippen LogP contribution in [0.3, 0.4) is 0 Å². The molecule has 0 radical (unpaired) electrons. The Morgan fingerprint density at radius 1 is 1.13 bits per heavy atom. The zero-order valence-corrected chi connectivity index (χ0v) is 18.0. The molecule has 2 fully saturated rings. The highest BCUT2D eigenvalue weighted by Crippen LogP contribution is 2.32. The van der Waals surface area contributed by atoms with Gasteiger partial charge in [-0.3, -0.25) is 0 Å². The van der Waals surface area contributed by atoms with E-state index >= 15 is 0 Å². The van der Waals surface area contributed by atoms with Crippen molar-refractivity contribution in [3.63, 3.8) is 0 Å². The summed E-state index contributed by atoms with van der Waals surface area (Å²) in [5.74, 6) is 0.992. The number of fused-ring (bicyclic) bond motifs is 1. The maximum Gasteiger partial charge on any atom is 0.137 e. The van der Waals surface area contributed by atoms with Gasteiger partial charge in [-0.05, 0) is 62.9 Å². The van der Waals surface area contributed by atoms with Crippen LogP contribution in [0, 0.1) is 0 Å². The van der Waals surface area contributed by atoms with E-state index < -0.39 is 0 Å². The van der Waals surface area contributed by atoms with E-state index in [1.54, 1.807) is 0 Å². The first-order valence-electron chi connectivity index (χ1n) is 11.1. The average molecular weight is 402 g/mol. The lowest BCUT2D eigenvalue weighted by molar-refractivity contribution is 0.223. The summed E-state index contributed by atoms with van der Waals surface area (Å²) in [5, 5.41) is 6.10. The fourth-order valence-electron chi connectivity index (χ4n) is 5.07. The van der Waals surface area contributed by atoms with Crippen molar-refractivity contribution in [3.8, 4) is 11.3 Å². The molecule has 5 heteroatoms. The molecule has 1 aromatic heterocycles. The Hall–Kier alpha value is -2.34. The minimum absolute atomic E-state index is 0.00589. The molecule has 0 unspecified atom stereocenters.